The number of benzene rings is 2. The largest absolute Gasteiger partial charge is 0.488 e. The van der Waals surface area contributed by atoms with Crippen molar-refractivity contribution in [2.75, 3.05) is 33.4 Å². The Kier molecular flexibility index (Phi) is 7.03. The normalized spacial score (nSPS) is 11.5. The lowest BCUT2D eigenvalue weighted by Crippen LogP contribution is -2.28. The van der Waals surface area contributed by atoms with Gasteiger partial charge in [0.25, 0.3) is 0 Å². The van der Waals surface area contributed by atoms with Crippen LogP contribution in [0.3, 0.4) is 0 Å². The summed E-state index contributed by atoms with van der Waals surface area (Å²) < 4.78 is 11.2. The molecule has 8 nitrogen and oxygen atoms in total. The zero-order valence-corrected chi connectivity index (χ0v) is 17.4. The highest BCUT2D eigenvalue weighted by Gasteiger charge is 2.24. The number of rotatable bonds is 10. The van der Waals surface area contributed by atoms with E-state index in [1.807, 2.05) is 24.3 Å². The summed E-state index contributed by atoms with van der Waals surface area (Å²) in [6.07, 6.45) is 3.42. The SMILES string of the molecule is CCN(CC)CCOc1ccc(/C=C/c2n[nH]c3ccccc23)c([N+](=O)[O-])c1OC. The molecule has 0 amide bonds. The number of nitrogens with zero attached hydrogens (tertiary/aromatic N) is 3. The zero-order valence-electron chi connectivity index (χ0n) is 17.4. The van der Waals surface area contributed by atoms with Crippen LogP contribution in [0.15, 0.2) is 36.4 Å². The molecule has 0 unspecified atom stereocenters. The predicted octanol–water partition coefficient (Wildman–Crippen LogP) is 4.37. The molecule has 1 aromatic heterocycles. The van der Waals surface area contributed by atoms with Gasteiger partial charge in [-0.3, -0.25) is 15.2 Å². The van der Waals surface area contributed by atoms with Gasteiger partial charge in [-0.2, -0.15) is 5.10 Å². The molecular formula is C22H26N4O4. The lowest BCUT2D eigenvalue weighted by molar-refractivity contribution is -0.386. The number of nitrogens with one attached hydrogen (secondary N) is 1. The van der Waals surface area contributed by atoms with E-state index in [9.17, 15) is 10.1 Å². The highest BCUT2D eigenvalue weighted by atomic mass is 16.6. The fourth-order valence-corrected chi connectivity index (χ4v) is 3.31. The van der Waals surface area contributed by atoms with Crippen LogP contribution in [0.25, 0.3) is 23.1 Å². The molecule has 0 aliphatic rings. The Hall–Kier alpha value is -3.39. The Balaban J connectivity index is 1.88. The molecule has 158 valence electrons. The highest BCUT2D eigenvalue weighted by Crippen LogP contribution is 2.40. The molecule has 0 aliphatic carbocycles. The lowest BCUT2D eigenvalue weighted by Gasteiger charge is -2.18. The first-order chi connectivity index (χ1) is 14.6. The van der Waals surface area contributed by atoms with E-state index in [2.05, 4.69) is 28.9 Å². The van der Waals surface area contributed by atoms with Crippen LogP contribution in [-0.4, -0.2) is 53.4 Å². The quantitative estimate of drug-likeness (QED) is 0.394. The fourth-order valence-electron chi connectivity index (χ4n) is 3.31. The summed E-state index contributed by atoms with van der Waals surface area (Å²) in [6, 6.07) is 11.1. The molecule has 1 heterocycles. The molecule has 8 heteroatoms. The summed E-state index contributed by atoms with van der Waals surface area (Å²) in [5.74, 6) is 0.479. The van der Waals surface area contributed by atoms with Crippen LogP contribution in [0, 0.1) is 10.1 Å². The Labute approximate surface area is 175 Å². The van der Waals surface area contributed by atoms with E-state index in [-0.39, 0.29) is 11.4 Å². The summed E-state index contributed by atoms with van der Waals surface area (Å²) in [6.45, 7) is 7.16. The van der Waals surface area contributed by atoms with Gasteiger partial charge in [-0.05, 0) is 43.4 Å². The van der Waals surface area contributed by atoms with Gasteiger partial charge in [0, 0.05) is 11.9 Å². The van der Waals surface area contributed by atoms with E-state index in [4.69, 9.17) is 9.47 Å². The van der Waals surface area contributed by atoms with Gasteiger partial charge in [-0.1, -0.05) is 32.0 Å². The second-order valence-corrected chi connectivity index (χ2v) is 6.65. The Morgan fingerprint density at radius 2 is 1.93 bits per heavy atom. The van der Waals surface area contributed by atoms with Crippen LogP contribution in [-0.2, 0) is 0 Å². The number of aromatic nitrogens is 2. The molecule has 0 spiro atoms. The summed E-state index contributed by atoms with van der Waals surface area (Å²) in [5, 5.41) is 20.0. The number of hydrogen-bond acceptors (Lipinski definition) is 6. The van der Waals surface area contributed by atoms with Crippen molar-refractivity contribution in [2.24, 2.45) is 0 Å². The number of hydrogen-bond donors (Lipinski definition) is 1. The molecule has 1 N–H and O–H groups in total. The maximum atomic E-state index is 11.8. The standard InChI is InChI=1S/C22H26N4O4/c1-4-25(5-2)14-15-30-20-13-11-16(21(26(27)28)22(20)29-3)10-12-19-17-8-6-7-9-18(17)23-24-19/h6-13H,4-5,14-15H2,1-3H3,(H,23,24)/b12-10+. The van der Waals surface area contributed by atoms with Crippen LogP contribution in [0.2, 0.25) is 0 Å². The Morgan fingerprint density at radius 1 is 1.17 bits per heavy atom. The molecule has 0 saturated carbocycles. The predicted molar refractivity (Wildman–Crippen MR) is 118 cm³/mol. The van der Waals surface area contributed by atoms with Crippen LogP contribution >= 0.6 is 0 Å². The first kappa shape index (κ1) is 21.3. The second-order valence-electron chi connectivity index (χ2n) is 6.65. The molecule has 2 aromatic carbocycles. The molecule has 0 bridgehead atoms. The average Bonchev–Trinajstić information content (AvgIpc) is 3.18. The van der Waals surface area contributed by atoms with Gasteiger partial charge in [0.1, 0.15) is 6.61 Å². The van der Waals surface area contributed by atoms with Crippen LogP contribution in [0.4, 0.5) is 5.69 Å². The monoisotopic (exact) mass is 410 g/mol. The van der Waals surface area contributed by atoms with E-state index < -0.39 is 4.92 Å². The first-order valence-electron chi connectivity index (χ1n) is 9.90. The minimum atomic E-state index is -0.446. The van der Waals surface area contributed by atoms with Gasteiger partial charge in [0.05, 0.1) is 28.8 Å². The third-order valence-corrected chi connectivity index (χ3v) is 4.99. The summed E-state index contributed by atoms with van der Waals surface area (Å²) in [4.78, 5) is 13.6. The Morgan fingerprint density at radius 3 is 2.63 bits per heavy atom. The third kappa shape index (κ3) is 4.60. The van der Waals surface area contributed by atoms with Crippen molar-refractivity contribution < 1.29 is 14.4 Å². The Bertz CT molecular complexity index is 1040. The second kappa shape index (κ2) is 9.89. The van der Waals surface area contributed by atoms with Crippen LogP contribution in [0.5, 0.6) is 11.5 Å². The lowest BCUT2D eigenvalue weighted by atomic mass is 10.1. The van der Waals surface area contributed by atoms with Crippen LogP contribution in [0.1, 0.15) is 25.1 Å². The van der Waals surface area contributed by atoms with Crippen molar-refractivity contribution in [2.45, 2.75) is 13.8 Å². The van der Waals surface area contributed by atoms with Crippen LogP contribution < -0.4 is 9.47 Å². The van der Waals surface area contributed by atoms with Gasteiger partial charge in [-0.15, -0.1) is 0 Å². The number of ether oxygens (including phenoxy) is 2. The minimum Gasteiger partial charge on any atom is -0.488 e. The number of H-pyrrole nitrogens is 1. The van der Waals surface area contributed by atoms with Gasteiger partial charge >= 0.3 is 5.69 Å². The zero-order chi connectivity index (χ0) is 21.5. The van der Waals surface area contributed by atoms with Crippen molar-refractivity contribution in [3.8, 4) is 11.5 Å². The molecular weight excluding hydrogens is 384 g/mol. The number of aromatic amines is 1. The maximum Gasteiger partial charge on any atom is 0.322 e. The molecule has 30 heavy (non-hydrogen) atoms. The van der Waals surface area contributed by atoms with Crippen molar-refractivity contribution in [1.82, 2.24) is 15.1 Å². The highest BCUT2D eigenvalue weighted by molar-refractivity contribution is 5.90. The first-order valence-corrected chi connectivity index (χ1v) is 9.90. The van der Waals surface area contributed by atoms with Crippen molar-refractivity contribution in [1.29, 1.82) is 0 Å². The molecule has 0 atom stereocenters. The number of fused-ring (bicyclic) bond motifs is 1. The molecule has 0 radical (unpaired) electrons. The van der Waals surface area contributed by atoms with Gasteiger partial charge in [0.2, 0.25) is 5.75 Å². The number of nitro groups is 1. The maximum absolute atomic E-state index is 11.8. The fraction of sp³-hybridized carbons (Fsp3) is 0.318. The van der Waals surface area contributed by atoms with E-state index in [1.54, 1.807) is 24.3 Å². The topological polar surface area (TPSA) is 93.5 Å². The molecule has 0 aliphatic heterocycles. The number of likely N-dealkylation sites (N-methyl/N-ethyl adjacent to an activating group) is 1. The molecule has 3 rings (SSSR count). The summed E-state index contributed by atoms with van der Waals surface area (Å²) in [5.41, 5.74) is 1.90. The van der Waals surface area contributed by atoms with Crippen molar-refractivity contribution in [3.05, 3.63) is 57.8 Å². The number of para-hydroxylation sites is 1. The van der Waals surface area contributed by atoms with E-state index in [0.29, 0.717) is 23.6 Å². The van der Waals surface area contributed by atoms with E-state index in [1.165, 1.54) is 7.11 Å². The van der Waals surface area contributed by atoms with E-state index in [0.717, 1.165) is 30.5 Å². The third-order valence-electron chi connectivity index (χ3n) is 4.99. The molecule has 0 saturated heterocycles. The number of nitro benzene ring substituents is 1. The van der Waals surface area contributed by atoms with E-state index >= 15 is 0 Å². The molecule has 0 fully saturated rings. The van der Waals surface area contributed by atoms with Gasteiger partial charge in [-0.25, -0.2) is 0 Å². The van der Waals surface area contributed by atoms with Gasteiger partial charge in [0.15, 0.2) is 5.75 Å². The summed E-state index contributed by atoms with van der Waals surface area (Å²) >= 11 is 0. The average molecular weight is 410 g/mol. The molecule has 3 aromatic rings. The smallest absolute Gasteiger partial charge is 0.322 e. The summed E-state index contributed by atoms with van der Waals surface area (Å²) in [7, 11) is 1.41. The minimum absolute atomic E-state index is 0.119. The van der Waals surface area contributed by atoms with Crippen molar-refractivity contribution >= 4 is 28.7 Å². The van der Waals surface area contributed by atoms with Gasteiger partial charge < -0.3 is 14.4 Å². The number of methoxy groups -OCH3 is 1. The van der Waals surface area contributed by atoms with Crippen molar-refractivity contribution in [3.63, 3.8) is 0 Å².